The van der Waals surface area contributed by atoms with Crippen molar-refractivity contribution in [2.75, 3.05) is 0 Å². The van der Waals surface area contributed by atoms with Crippen molar-refractivity contribution in [3.8, 4) is 5.88 Å². The Hall–Kier alpha value is -3.15. The predicted molar refractivity (Wildman–Crippen MR) is 84.3 cm³/mol. The number of fused-ring (bicyclic) bond motifs is 1. The fraction of sp³-hybridized carbons (Fsp3) is 0.118. The normalized spacial score (nSPS) is 11.4. The third-order valence-electron chi connectivity index (χ3n) is 3.65. The number of aromatic hydroxyl groups is 1. The number of aromatic nitrogens is 1. The summed E-state index contributed by atoms with van der Waals surface area (Å²) >= 11 is 0. The molecule has 6 heteroatoms. The van der Waals surface area contributed by atoms with Crippen LogP contribution >= 0.6 is 0 Å². The van der Waals surface area contributed by atoms with Gasteiger partial charge in [0.2, 0.25) is 5.88 Å². The van der Waals surface area contributed by atoms with Gasteiger partial charge in [0.25, 0.3) is 0 Å². The number of carbonyl (C=O) groups excluding carboxylic acids is 1. The fourth-order valence-corrected chi connectivity index (χ4v) is 2.43. The van der Waals surface area contributed by atoms with Crippen LogP contribution in [0.15, 0.2) is 52.7 Å². The van der Waals surface area contributed by atoms with Gasteiger partial charge in [-0.3, -0.25) is 0 Å². The lowest BCUT2D eigenvalue weighted by atomic mass is 10.1. The summed E-state index contributed by atoms with van der Waals surface area (Å²) in [5.41, 5.74) is 2.63. The molecule has 116 valence electrons. The maximum absolute atomic E-state index is 10.9. The van der Waals surface area contributed by atoms with Crippen LogP contribution < -0.4 is 5.11 Å². The van der Waals surface area contributed by atoms with Gasteiger partial charge in [-0.05, 0) is 36.8 Å². The van der Waals surface area contributed by atoms with Gasteiger partial charge in [0, 0.05) is 12.4 Å². The van der Waals surface area contributed by atoms with Crippen LogP contribution in [0, 0.1) is 6.92 Å². The minimum atomic E-state index is -1.27. The Morgan fingerprint density at radius 2 is 1.96 bits per heavy atom. The number of azo groups is 1. The third-order valence-corrected chi connectivity index (χ3v) is 3.65. The van der Waals surface area contributed by atoms with Gasteiger partial charge in [0.05, 0.1) is 17.2 Å². The number of rotatable bonds is 3. The monoisotopic (exact) mass is 308 g/mol. The van der Waals surface area contributed by atoms with Crippen molar-refractivity contribution in [2.24, 2.45) is 17.3 Å². The molecule has 0 fully saturated rings. The van der Waals surface area contributed by atoms with Crippen molar-refractivity contribution in [1.82, 2.24) is 4.57 Å². The zero-order valence-electron chi connectivity index (χ0n) is 12.6. The van der Waals surface area contributed by atoms with Crippen molar-refractivity contribution >= 4 is 28.2 Å². The molecule has 0 amide bonds. The van der Waals surface area contributed by atoms with Crippen molar-refractivity contribution < 1.29 is 15.0 Å². The second kappa shape index (κ2) is 5.57. The molecular formula is C17H14N3O3-. The van der Waals surface area contributed by atoms with Crippen molar-refractivity contribution in [3.63, 3.8) is 0 Å². The molecule has 3 rings (SSSR count). The first-order valence-electron chi connectivity index (χ1n) is 6.98. The van der Waals surface area contributed by atoms with Crippen LogP contribution in [0.4, 0.5) is 11.4 Å². The zero-order chi connectivity index (χ0) is 16.6. The summed E-state index contributed by atoms with van der Waals surface area (Å²) in [4.78, 5) is 10.9. The van der Waals surface area contributed by atoms with Crippen LogP contribution in [0.5, 0.6) is 5.88 Å². The number of carboxylic acids is 1. The maximum atomic E-state index is 10.9. The van der Waals surface area contributed by atoms with Gasteiger partial charge in [-0.2, -0.15) is 5.11 Å². The van der Waals surface area contributed by atoms with E-state index in [9.17, 15) is 15.0 Å². The van der Waals surface area contributed by atoms with Crippen LogP contribution in [0.25, 0.3) is 10.9 Å². The van der Waals surface area contributed by atoms with Gasteiger partial charge in [0.1, 0.15) is 0 Å². The first-order valence-corrected chi connectivity index (χ1v) is 6.98. The van der Waals surface area contributed by atoms with E-state index in [2.05, 4.69) is 10.2 Å². The fourth-order valence-electron chi connectivity index (χ4n) is 2.43. The van der Waals surface area contributed by atoms with E-state index >= 15 is 0 Å². The van der Waals surface area contributed by atoms with Crippen LogP contribution in [-0.2, 0) is 7.05 Å². The van der Waals surface area contributed by atoms with E-state index in [1.165, 1.54) is 12.1 Å². The molecule has 6 nitrogen and oxygen atoms in total. The first kappa shape index (κ1) is 14.8. The summed E-state index contributed by atoms with van der Waals surface area (Å²) in [7, 11) is 1.74. The molecule has 1 heterocycles. The van der Waals surface area contributed by atoms with E-state index in [0.717, 1.165) is 16.5 Å². The molecule has 0 radical (unpaired) electrons. The number of hydrogen-bond donors (Lipinski definition) is 1. The Labute approximate surface area is 132 Å². The third kappa shape index (κ3) is 2.66. The van der Waals surface area contributed by atoms with E-state index in [1.807, 2.05) is 25.1 Å². The number of aromatic carboxylic acids is 1. The Morgan fingerprint density at radius 3 is 2.70 bits per heavy atom. The lowest BCUT2D eigenvalue weighted by Crippen LogP contribution is -2.21. The highest BCUT2D eigenvalue weighted by Crippen LogP contribution is 2.39. The molecule has 0 saturated carbocycles. The van der Waals surface area contributed by atoms with E-state index < -0.39 is 5.97 Å². The number of nitrogens with zero attached hydrogens (tertiary/aromatic N) is 3. The van der Waals surface area contributed by atoms with Gasteiger partial charge >= 0.3 is 0 Å². The van der Waals surface area contributed by atoms with Crippen LogP contribution in [-0.4, -0.2) is 15.6 Å². The van der Waals surface area contributed by atoms with E-state index in [4.69, 9.17) is 0 Å². The van der Waals surface area contributed by atoms with Gasteiger partial charge in [-0.25, -0.2) is 0 Å². The summed E-state index contributed by atoms with van der Waals surface area (Å²) in [5, 5.41) is 30.0. The molecule has 0 aliphatic carbocycles. The van der Waals surface area contributed by atoms with Crippen molar-refractivity contribution in [3.05, 3.63) is 53.6 Å². The predicted octanol–water partition coefficient (Wildman–Crippen LogP) is 2.97. The molecular weight excluding hydrogens is 294 g/mol. The molecule has 0 bridgehead atoms. The van der Waals surface area contributed by atoms with Gasteiger partial charge in [-0.1, -0.05) is 23.8 Å². The highest BCUT2D eigenvalue weighted by molar-refractivity contribution is 5.95. The number of hydrogen-bond acceptors (Lipinski definition) is 5. The molecule has 0 spiro atoms. The minimum Gasteiger partial charge on any atom is -0.545 e. The zero-order valence-corrected chi connectivity index (χ0v) is 12.6. The lowest BCUT2D eigenvalue weighted by Gasteiger charge is -2.01. The molecule has 3 aromatic rings. The molecule has 0 unspecified atom stereocenters. The Bertz CT molecular complexity index is 942. The summed E-state index contributed by atoms with van der Waals surface area (Å²) in [6, 6.07) is 11.8. The van der Waals surface area contributed by atoms with Crippen LogP contribution in [0.3, 0.4) is 0 Å². The van der Waals surface area contributed by atoms with Gasteiger partial charge in [-0.15, -0.1) is 5.11 Å². The number of carbonyl (C=O) groups is 1. The Morgan fingerprint density at radius 1 is 1.17 bits per heavy atom. The molecule has 2 aromatic carbocycles. The summed E-state index contributed by atoms with van der Waals surface area (Å²) in [6.45, 7) is 1.95. The van der Waals surface area contributed by atoms with E-state index in [1.54, 1.807) is 23.7 Å². The summed E-state index contributed by atoms with van der Waals surface area (Å²) in [5.74, 6) is -1.27. The Balaban J connectivity index is 2.08. The van der Waals surface area contributed by atoms with Gasteiger partial charge in [0.15, 0.2) is 5.69 Å². The Kier molecular flexibility index (Phi) is 3.57. The van der Waals surface area contributed by atoms with E-state index in [-0.39, 0.29) is 11.4 Å². The van der Waals surface area contributed by atoms with Crippen LogP contribution in [0.1, 0.15) is 15.9 Å². The van der Waals surface area contributed by atoms with Gasteiger partial charge < -0.3 is 19.6 Å². The summed E-state index contributed by atoms with van der Waals surface area (Å²) in [6.07, 6.45) is 0. The molecule has 0 aliphatic rings. The average molecular weight is 308 g/mol. The molecule has 1 aromatic heterocycles. The summed E-state index contributed by atoms with van der Waals surface area (Å²) < 4.78 is 1.63. The van der Waals surface area contributed by atoms with E-state index in [0.29, 0.717) is 11.4 Å². The molecule has 0 saturated heterocycles. The topological polar surface area (TPSA) is 90.0 Å². The maximum Gasteiger partial charge on any atom is 0.220 e. The van der Waals surface area contributed by atoms with Crippen molar-refractivity contribution in [2.45, 2.75) is 6.92 Å². The lowest BCUT2D eigenvalue weighted by molar-refractivity contribution is -0.255. The molecule has 23 heavy (non-hydrogen) atoms. The number of aryl methyl sites for hydroxylation is 2. The molecule has 1 N–H and O–H groups in total. The first-order chi connectivity index (χ1) is 11.0. The standard InChI is InChI=1S/C17H15N3O3/c1-10-6-7-14-13(8-10)15(16(21)20(14)2)19-18-12-5-3-4-11(9-12)17(22)23/h3-9,21H,1-2H3,(H,22,23)/p-1. The largest absolute Gasteiger partial charge is 0.545 e. The second-order valence-corrected chi connectivity index (χ2v) is 5.29. The quantitative estimate of drug-likeness (QED) is 0.754. The van der Waals surface area contributed by atoms with Crippen LogP contribution in [0.2, 0.25) is 0 Å². The average Bonchev–Trinajstić information content (AvgIpc) is 2.76. The van der Waals surface area contributed by atoms with Crippen molar-refractivity contribution in [1.29, 1.82) is 0 Å². The molecule has 0 aliphatic heterocycles. The highest BCUT2D eigenvalue weighted by Gasteiger charge is 2.14. The number of carboxylic acid groups (broad SMARTS) is 1. The second-order valence-electron chi connectivity index (χ2n) is 5.29. The number of benzene rings is 2. The minimum absolute atomic E-state index is 0.00501. The molecule has 0 atom stereocenters. The highest BCUT2D eigenvalue weighted by atomic mass is 16.4. The SMILES string of the molecule is Cc1ccc2c(c1)c(N=Nc1cccc(C(=O)[O-])c1)c(O)n2C. The smallest absolute Gasteiger partial charge is 0.220 e.